The third-order valence-electron chi connectivity index (χ3n) is 2.98. The van der Waals surface area contributed by atoms with Crippen molar-refractivity contribution in [2.45, 2.75) is 20.1 Å². The van der Waals surface area contributed by atoms with E-state index < -0.39 is 0 Å². The Morgan fingerprint density at radius 2 is 2.11 bits per heavy atom. The summed E-state index contributed by atoms with van der Waals surface area (Å²) in [7, 11) is 1.97. The third-order valence-corrected chi connectivity index (χ3v) is 3.32. The molecule has 4 heteroatoms. The largest absolute Gasteiger partial charge is 0.392 e. The van der Waals surface area contributed by atoms with Gasteiger partial charge in [-0.25, -0.2) is 4.98 Å². The van der Waals surface area contributed by atoms with Crippen LogP contribution < -0.4 is 4.90 Å². The molecule has 0 aliphatic heterocycles. The minimum absolute atomic E-state index is 0.0767. The van der Waals surface area contributed by atoms with Gasteiger partial charge in [-0.2, -0.15) is 0 Å². The van der Waals surface area contributed by atoms with Crippen molar-refractivity contribution in [1.29, 1.82) is 0 Å². The van der Waals surface area contributed by atoms with Crippen LogP contribution in [0.2, 0.25) is 5.02 Å². The second-order valence-corrected chi connectivity index (χ2v) is 5.04. The number of aliphatic hydroxyl groups excluding tert-OH is 1. The fraction of sp³-hybridized carbons (Fsp3) is 0.267. The summed E-state index contributed by atoms with van der Waals surface area (Å²) in [6, 6.07) is 10.2. The molecule has 0 aliphatic rings. The zero-order chi connectivity index (χ0) is 13.8. The summed E-state index contributed by atoms with van der Waals surface area (Å²) in [4.78, 5) is 6.32. The molecule has 0 unspecified atom stereocenters. The molecule has 0 radical (unpaired) electrons. The number of aliphatic hydroxyl groups is 1. The molecule has 1 aromatic carbocycles. The number of rotatable bonds is 4. The Morgan fingerprint density at radius 1 is 1.32 bits per heavy atom. The van der Waals surface area contributed by atoms with Crippen LogP contribution in [0, 0.1) is 6.92 Å². The summed E-state index contributed by atoms with van der Waals surface area (Å²) >= 11 is 5.94. The Morgan fingerprint density at radius 3 is 2.79 bits per heavy atom. The van der Waals surface area contributed by atoms with E-state index in [0.29, 0.717) is 10.6 Å². The molecule has 3 nitrogen and oxygen atoms in total. The number of hydrogen-bond donors (Lipinski definition) is 1. The first kappa shape index (κ1) is 13.8. The monoisotopic (exact) mass is 276 g/mol. The molecule has 0 amide bonds. The van der Waals surface area contributed by atoms with Crippen molar-refractivity contribution in [3.63, 3.8) is 0 Å². The lowest BCUT2D eigenvalue weighted by atomic mass is 10.1. The Kier molecular flexibility index (Phi) is 4.40. The summed E-state index contributed by atoms with van der Waals surface area (Å²) in [6.07, 6.45) is 1.58. The van der Waals surface area contributed by atoms with Gasteiger partial charge in [-0.05, 0) is 18.6 Å². The predicted octanol–water partition coefficient (Wildman–Crippen LogP) is 3.17. The Bertz CT molecular complexity index is 572. The maximum Gasteiger partial charge on any atom is 0.128 e. The number of pyridine rings is 1. The van der Waals surface area contributed by atoms with Gasteiger partial charge in [-0.1, -0.05) is 41.4 Å². The molecular weight excluding hydrogens is 260 g/mol. The lowest BCUT2D eigenvalue weighted by molar-refractivity contribution is 0.282. The third kappa shape index (κ3) is 3.46. The van der Waals surface area contributed by atoms with E-state index in [2.05, 4.69) is 30.1 Å². The van der Waals surface area contributed by atoms with Gasteiger partial charge >= 0.3 is 0 Å². The van der Waals surface area contributed by atoms with Crippen LogP contribution in [-0.2, 0) is 13.2 Å². The Labute approximate surface area is 118 Å². The summed E-state index contributed by atoms with van der Waals surface area (Å²) < 4.78 is 0. The minimum Gasteiger partial charge on any atom is -0.392 e. The highest BCUT2D eigenvalue weighted by atomic mass is 35.5. The highest BCUT2D eigenvalue weighted by Gasteiger charge is 2.07. The molecule has 19 heavy (non-hydrogen) atoms. The molecule has 0 aliphatic carbocycles. The molecule has 100 valence electrons. The highest BCUT2D eigenvalue weighted by Crippen LogP contribution is 2.21. The van der Waals surface area contributed by atoms with E-state index in [-0.39, 0.29) is 6.61 Å². The van der Waals surface area contributed by atoms with Gasteiger partial charge < -0.3 is 10.0 Å². The molecule has 2 aromatic rings. The first-order valence-corrected chi connectivity index (χ1v) is 6.50. The van der Waals surface area contributed by atoms with Crippen LogP contribution in [0.25, 0.3) is 0 Å². The fourth-order valence-corrected chi connectivity index (χ4v) is 2.13. The summed E-state index contributed by atoms with van der Waals surface area (Å²) in [5.74, 6) is 0.801. The molecule has 1 aromatic heterocycles. The molecule has 0 fully saturated rings. The van der Waals surface area contributed by atoms with Crippen molar-refractivity contribution in [3.8, 4) is 0 Å². The molecule has 0 spiro atoms. The molecule has 1 N–H and O–H groups in total. The van der Waals surface area contributed by atoms with Gasteiger partial charge in [0.15, 0.2) is 0 Å². The minimum atomic E-state index is -0.0767. The van der Waals surface area contributed by atoms with E-state index in [1.165, 1.54) is 11.1 Å². The zero-order valence-electron chi connectivity index (χ0n) is 11.1. The van der Waals surface area contributed by atoms with Crippen LogP contribution in [-0.4, -0.2) is 17.1 Å². The number of hydrogen-bond acceptors (Lipinski definition) is 3. The number of halogens is 1. The van der Waals surface area contributed by atoms with Crippen molar-refractivity contribution in [2.75, 3.05) is 11.9 Å². The van der Waals surface area contributed by atoms with Gasteiger partial charge in [-0.15, -0.1) is 0 Å². The average Bonchev–Trinajstić information content (AvgIpc) is 2.39. The van der Waals surface area contributed by atoms with E-state index in [0.717, 1.165) is 12.4 Å². The Hall–Kier alpha value is -1.58. The number of aryl methyl sites for hydroxylation is 1. The van der Waals surface area contributed by atoms with Crippen molar-refractivity contribution in [1.82, 2.24) is 4.98 Å². The Balaban J connectivity index is 2.18. The first-order valence-electron chi connectivity index (χ1n) is 6.12. The summed E-state index contributed by atoms with van der Waals surface area (Å²) in [6.45, 7) is 2.77. The second kappa shape index (κ2) is 6.04. The molecule has 0 bridgehead atoms. The maximum absolute atomic E-state index is 9.22. The quantitative estimate of drug-likeness (QED) is 0.932. The van der Waals surface area contributed by atoms with Gasteiger partial charge in [0.2, 0.25) is 0 Å². The fourth-order valence-electron chi connectivity index (χ4n) is 1.96. The van der Waals surface area contributed by atoms with E-state index >= 15 is 0 Å². The van der Waals surface area contributed by atoms with E-state index in [1.54, 1.807) is 6.20 Å². The standard InChI is InChI=1S/C15H17ClN2O/c1-11-4-3-5-12(6-11)9-18(2)15-7-13(10-19)14(16)8-17-15/h3-8,19H,9-10H2,1-2H3. The van der Waals surface area contributed by atoms with Crippen LogP contribution in [0.5, 0.6) is 0 Å². The molecule has 1 heterocycles. The van der Waals surface area contributed by atoms with Crippen molar-refractivity contribution in [3.05, 3.63) is 58.2 Å². The number of benzene rings is 1. The average molecular weight is 277 g/mol. The number of anilines is 1. The van der Waals surface area contributed by atoms with Crippen LogP contribution >= 0.6 is 11.6 Å². The summed E-state index contributed by atoms with van der Waals surface area (Å²) in [5.41, 5.74) is 3.17. The highest BCUT2D eigenvalue weighted by molar-refractivity contribution is 6.31. The van der Waals surface area contributed by atoms with E-state index in [4.69, 9.17) is 11.6 Å². The van der Waals surface area contributed by atoms with Crippen LogP contribution in [0.1, 0.15) is 16.7 Å². The van der Waals surface area contributed by atoms with Gasteiger partial charge in [-0.3, -0.25) is 0 Å². The van der Waals surface area contributed by atoms with Crippen molar-refractivity contribution < 1.29 is 5.11 Å². The van der Waals surface area contributed by atoms with Crippen LogP contribution in [0.4, 0.5) is 5.82 Å². The molecule has 2 rings (SSSR count). The lowest BCUT2D eigenvalue weighted by Crippen LogP contribution is -2.18. The van der Waals surface area contributed by atoms with Crippen molar-refractivity contribution >= 4 is 17.4 Å². The second-order valence-electron chi connectivity index (χ2n) is 4.64. The van der Waals surface area contributed by atoms with Crippen molar-refractivity contribution in [2.24, 2.45) is 0 Å². The molecular formula is C15H17ClN2O. The van der Waals surface area contributed by atoms with E-state index in [1.807, 2.05) is 24.1 Å². The van der Waals surface area contributed by atoms with Gasteiger partial charge in [0.1, 0.15) is 5.82 Å². The first-order chi connectivity index (χ1) is 9.10. The zero-order valence-corrected chi connectivity index (χ0v) is 11.9. The van der Waals surface area contributed by atoms with Gasteiger partial charge in [0.05, 0.1) is 11.6 Å². The maximum atomic E-state index is 9.22. The predicted molar refractivity (Wildman–Crippen MR) is 78.5 cm³/mol. The molecule has 0 saturated heterocycles. The lowest BCUT2D eigenvalue weighted by Gasteiger charge is -2.19. The van der Waals surface area contributed by atoms with Crippen LogP contribution in [0.15, 0.2) is 36.5 Å². The normalized spacial score (nSPS) is 10.5. The SMILES string of the molecule is Cc1cccc(CN(C)c2cc(CO)c(Cl)cn2)c1. The summed E-state index contributed by atoms with van der Waals surface area (Å²) in [5, 5.41) is 9.72. The molecule has 0 saturated carbocycles. The topological polar surface area (TPSA) is 36.4 Å². The number of nitrogens with zero attached hydrogens (tertiary/aromatic N) is 2. The smallest absolute Gasteiger partial charge is 0.128 e. The van der Waals surface area contributed by atoms with E-state index in [9.17, 15) is 5.11 Å². The number of aromatic nitrogens is 1. The van der Waals surface area contributed by atoms with Crippen LogP contribution in [0.3, 0.4) is 0 Å². The van der Waals surface area contributed by atoms with Gasteiger partial charge in [0, 0.05) is 25.4 Å². The molecule has 0 atom stereocenters. The van der Waals surface area contributed by atoms with Gasteiger partial charge in [0.25, 0.3) is 0 Å².